The van der Waals surface area contributed by atoms with Crippen molar-refractivity contribution in [2.45, 2.75) is 20.3 Å². The predicted molar refractivity (Wildman–Crippen MR) is 77.4 cm³/mol. The van der Waals surface area contributed by atoms with Gasteiger partial charge in [-0.15, -0.1) is 0 Å². The summed E-state index contributed by atoms with van der Waals surface area (Å²) in [5.74, 6) is 0.983. The third-order valence-corrected chi connectivity index (χ3v) is 3.20. The van der Waals surface area contributed by atoms with Crippen LogP contribution in [0, 0.1) is 5.92 Å². The molecule has 104 valence electrons. The van der Waals surface area contributed by atoms with E-state index in [-0.39, 0.29) is 11.8 Å². The van der Waals surface area contributed by atoms with Gasteiger partial charge in [0.1, 0.15) is 5.82 Å². The van der Waals surface area contributed by atoms with Crippen molar-refractivity contribution in [1.29, 1.82) is 0 Å². The third kappa shape index (κ3) is 3.92. The molecule has 0 radical (unpaired) electrons. The Morgan fingerprint density at radius 1 is 1.37 bits per heavy atom. The fourth-order valence-corrected chi connectivity index (χ4v) is 2.01. The van der Waals surface area contributed by atoms with Gasteiger partial charge in [-0.05, 0) is 25.1 Å². The first-order valence-electron chi connectivity index (χ1n) is 6.89. The van der Waals surface area contributed by atoms with Crippen molar-refractivity contribution >= 4 is 17.4 Å². The Hall–Kier alpha value is -1.62. The molecule has 1 aromatic rings. The maximum atomic E-state index is 11.6. The summed E-state index contributed by atoms with van der Waals surface area (Å²) in [6.07, 6.45) is 2.86. The van der Waals surface area contributed by atoms with Crippen molar-refractivity contribution in [1.82, 2.24) is 10.3 Å². The summed E-state index contributed by atoms with van der Waals surface area (Å²) in [4.78, 5) is 18.3. The highest BCUT2D eigenvalue weighted by atomic mass is 16.1. The van der Waals surface area contributed by atoms with Crippen LogP contribution in [0.5, 0.6) is 0 Å². The highest BCUT2D eigenvalue weighted by Crippen LogP contribution is 2.15. The number of carbonyl (C=O) groups is 1. The van der Waals surface area contributed by atoms with Crippen molar-refractivity contribution in [3.8, 4) is 0 Å². The largest absolute Gasteiger partial charge is 0.355 e. The maximum absolute atomic E-state index is 11.6. The molecule has 0 unspecified atom stereocenters. The first-order valence-corrected chi connectivity index (χ1v) is 6.89. The molecule has 1 aliphatic rings. The van der Waals surface area contributed by atoms with Crippen LogP contribution in [0.2, 0.25) is 0 Å². The molecule has 2 rings (SSSR count). The Labute approximate surface area is 114 Å². The Morgan fingerprint density at radius 3 is 2.89 bits per heavy atom. The molecule has 2 heterocycles. The lowest BCUT2D eigenvalue weighted by molar-refractivity contribution is -0.118. The second-order valence-electron chi connectivity index (χ2n) is 5.14. The minimum absolute atomic E-state index is 0.0173. The number of pyridine rings is 1. The van der Waals surface area contributed by atoms with Gasteiger partial charge in [0.2, 0.25) is 5.91 Å². The molecule has 1 fully saturated rings. The van der Waals surface area contributed by atoms with Crippen LogP contribution in [0.25, 0.3) is 0 Å². The molecule has 0 aliphatic carbocycles. The highest BCUT2D eigenvalue weighted by molar-refractivity contribution is 5.91. The molecule has 0 bridgehead atoms. The van der Waals surface area contributed by atoms with Crippen LogP contribution in [-0.2, 0) is 4.79 Å². The molecule has 5 nitrogen and oxygen atoms in total. The van der Waals surface area contributed by atoms with E-state index in [9.17, 15) is 4.79 Å². The number of hydrogen-bond donors (Lipinski definition) is 2. The van der Waals surface area contributed by atoms with Gasteiger partial charge < -0.3 is 15.5 Å². The molecule has 1 saturated heterocycles. The van der Waals surface area contributed by atoms with E-state index in [1.54, 1.807) is 6.20 Å². The van der Waals surface area contributed by atoms with E-state index in [1.807, 2.05) is 26.0 Å². The zero-order valence-corrected chi connectivity index (χ0v) is 11.6. The number of anilines is 2. The Morgan fingerprint density at radius 2 is 2.21 bits per heavy atom. The smallest absolute Gasteiger partial charge is 0.226 e. The minimum Gasteiger partial charge on any atom is -0.355 e. The standard InChI is InChI=1S/C14H22N4O/c1-11(2)14(19)17-12-4-5-13(16-10-12)18-8-3-6-15-7-9-18/h4-5,10-11,15H,3,6-9H2,1-2H3,(H,17,19). The normalized spacial score (nSPS) is 16.3. The van der Waals surface area contributed by atoms with Crippen LogP contribution < -0.4 is 15.5 Å². The zero-order chi connectivity index (χ0) is 13.7. The predicted octanol–water partition coefficient (Wildman–Crippen LogP) is 1.48. The van der Waals surface area contributed by atoms with Gasteiger partial charge in [0.15, 0.2) is 0 Å². The van der Waals surface area contributed by atoms with Gasteiger partial charge >= 0.3 is 0 Å². The molecule has 19 heavy (non-hydrogen) atoms. The second-order valence-corrected chi connectivity index (χ2v) is 5.14. The molecule has 5 heteroatoms. The monoisotopic (exact) mass is 262 g/mol. The number of carbonyl (C=O) groups excluding carboxylic acids is 1. The van der Waals surface area contributed by atoms with E-state index < -0.39 is 0 Å². The third-order valence-electron chi connectivity index (χ3n) is 3.20. The molecular weight excluding hydrogens is 240 g/mol. The Bertz CT molecular complexity index is 408. The van der Waals surface area contributed by atoms with Gasteiger partial charge in [-0.25, -0.2) is 4.98 Å². The SMILES string of the molecule is CC(C)C(=O)Nc1ccc(N2CCCNCC2)nc1. The summed E-state index contributed by atoms with van der Waals surface area (Å²) in [5.41, 5.74) is 0.760. The van der Waals surface area contributed by atoms with Gasteiger partial charge in [-0.1, -0.05) is 13.8 Å². The summed E-state index contributed by atoms with van der Waals surface area (Å²) in [6.45, 7) is 7.82. The van der Waals surface area contributed by atoms with Crippen LogP contribution in [0.15, 0.2) is 18.3 Å². The summed E-state index contributed by atoms with van der Waals surface area (Å²) in [6, 6.07) is 3.89. The maximum Gasteiger partial charge on any atom is 0.226 e. The van der Waals surface area contributed by atoms with E-state index >= 15 is 0 Å². The molecule has 0 saturated carbocycles. The molecule has 0 spiro atoms. The van der Waals surface area contributed by atoms with Crippen molar-refractivity contribution in [2.75, 3.05) is 36.4 Å². The Balaban J connectivity index is 1.99. The topological polar surface area (TPSA) is 57.3 Å². The lowest BCUT2D eigenvalue weighted by Crippen LogP contribution is -2.28. The van der Waals surface area contributed by atoms with Crippen molar-refractivity contribution in [2.24, 2.45) is 5.92 Å². The van der Waals surface area contributed by atoms with Crippen molar-refractivity contribution in [3.05, 3.63) is 18.3 Å². The van der Waals surface area contributed by atoms with Gasteiger partial charge in [0.25, 0.3) is 0 Å². The molecule has 0 atom stereocenters. The number of aromatic nitrogens is 1. The molecular formula is C14H22N4O. The molecule has 1 aliphatic heterocycles. The molecule has 1 amide bonds. The van der Waals surface area contributed by atoms with E-state index in [2.05, 4.69) is 20.5 Å². The average Bonchev–Trinajstić information content (AvgIpc) is 2.68. The van der Waals surface area contributed by atoms with Crippen LogP contribution in [0.3, 0.4) is 0 Å². The zero-order valence-electron chi connectivity index (χ0n) is 11.6. The Kier molecular flexibility index (Phi) is 4.74. The summed E-state index contributed by atoms with van der Waals surface area (Å²) in [7, 11) is 0. The summed E-state index contributed by atoms with van der Waals surface area (Å²) >= 11 is 0. The summed E-state index contributed by atoms with van der Waals surface area (Å²) in [5, 5.41) is 6.22. The minimum atomic E-state index is -0.0173. The number of nitrogens with one attached hydrogen (secondary N) is 2. The number of amides is 1. The molecule has 2 N–H and O–H groups in total. The van der Waals surface area contributed by atoms with Crippen LogP contribution in [0.1, 0.15) is 20.3 Å². The van der Waals surface area contributed by atoms with Crippen LogP contribution >= 0.6 is 0 Å². The highest BCUT2D eigenvalue weighted by Gasteiger charge is 2.11. The first-order chi connectivity index (χ1) is 9.16. The van der Waals surface area contributed by atoms with Crippen molar-refractivity contribution < 1.29 is 4.79 Å². The van der Waals surface area contributed by atoms with Gasteiger partial charge in [0.05, 0.1) is 11.9 Å². The second kappa shape index (κ2) is 6.52. The fraction of sp³-hybridized carbons (Fsp3) is 0.571. The summed E-state index contributed by atoms with van der Waals surface area (Å²) < 4.78 is 0. The number of rotatable bonds is 3. The quantitative estimate of drug-likeness (QED) is 0.866. The van der Waals surface area contributed by atoms with E-state index in [0.29, 0.717) is 0 Å². The molecule has 1 aromatic heterocycles. The van der Waals surface area contributed by atoms with E-state index in [0.717, 1.165) is 44.1 Å². The lowest BCUT2D eigenvalue weighted by Gasteiger charge is -2.21. The van der Waals surface area contributed by atoms with Crippen LogP contribution in [0.4, 0.5) is 11.5 Å². The first kappa shape index (κ1) is 13.8. The fourth-order valence-electron chi connectivity index (χ4n) is 2.01. The van der Waals surface area contributed by atoms with Crippen molar-refractivity contribution in [3.63, 3.8) is 0 Å². The number of nitrogens with zero attached hydrogens (tertiary/aromatic N) is 2. The number of hydrogen-bond acceptors (Lipinski definition) is 4. The average molecular weight is 262 g/mol. The molecule has 0 aromatic carbocycles. The van der Waals surface area contributed by atoms with Gasteiger partial charge in [-0.2, -0.15) is 0 Å². The lowest BCUT2D eigenvalue weighted by atomic mass is 10.2. The van der Waals surface area contributed by atoms with E-state index in [4.69, 9.17) is 0 Å². The van der Waals surface area contributed by atoms with E-state index in [1.165, 1.54) is 0 Å². The van der Waals surface area contributed by atoms with Gasteiger partial charge in [0, 0.05) is 25.6 Å². The van der Waals surface area contributed by atoms with Crippen LogP contribution in [-0.4, -0.2) is 37.1 Å². The van der Waals surface area contributed by atoms with Gasteiger partial charge in [-0.3, -0.25) is 4.79 Å².